The van der Waals surface area contributed by atoms with E-state index in [1.54, 1.807) is 0 Å². The summed E-state index contributed by atoms with van der Waals surface area (Å²) in [6.07, 6.45) is 0. The summed E-state index contributed by atoms with van der Waals surface area (Å²) in [6.45, 7) is -0.668. The maximum Gasteiger partial charge on any atom is 0.400 e. The first-order chi connectivity index (χ1) is 15.2. The highest BCUT2D eigenvalue weighted by Gasteiger charge is 2.21. The highest BCUT2D eigenvalue weighted by molar-refractivity contribution is 5.98. The highest BCUT2D eigenvalue weighted by atomic mass is 19.2. The standard InChI is InChI=1S/C19H11F4N3O6/c20-12-7-13(21)16(23)17(15(12)22)30-8-11-5-6-14(31-11)19(27)32-25-18(24)9-1-3-10(4-2-9)26(28)29/h1-7H,8H2,(H2,24,25). The molecule has 13 heteroatoms. The molecule has 0 atom stereocenters. The third-order valence-corrected chi connectivity index (χ3v) is 3.89. The smallest absolute Gasteiger partial charge is 0.400 e. The Hall–Kier alpha value is -4.42. The minimum atomic E-state index is -1.73. The lowest BCUT2D eigenvalue weighted by molar-refractivity contribution is -0.384. The Labute approximate surface area is 175 Å². The SMILES string of the molecule is N/C(=N\OC(=O)c1ccc(COc2c(F)c(F)cc(F)c2F)o1)c1ccc([N+](=O)[O-])cc1. The fraction of sp³-hybridized carbons (Fsp3) is 0.0526. The molecule has 3 aromatic rings. The number of non-ortho nitro benzene ring substituents is 1. The zero-order valence-electron chi connectivity index (χ0n) is 15.7. The monoisotopic (exact) mass is 453 g/mol. The molecule has 2 N–H and O–H groups in total. The molecule has 0 unspecified atom stereocenters. The Morgan fingerprint density at radius 1 is 1.06 bits per heavy atom. The highest BCUT2D eigenvalue weighted by Crippen LogP contribution is 2.27. The predicted molar refractivity (Wildman–Crippen MR) is 98.6 cm³/mol. The first-order valence-electron chi connectivity index (χ1n) is 8.51. The van der Waals surface area contributed by atoms with E-state index in [0.29, 0.717) is 0 Å². The Kier molecular flexibility index (Phi) is 6.37. The van der Waals surface area contributed by atoms with Crippen molar-refractivity contribution in [3.63, 3.8) is 0 Å². The van der Waals surface area contributed by atoms with Crippen LogP contribution in [0.1, 0.15) is 21.9 Å². The lowest BCUT2D eigenvalue weighted by atomic mass is 10.2. The summed E-state index contributed by atoms with van der Waals surface area (Å²) >= 11 is 0. The van der Waals surface area contributed by atoms with Gasteiger partial charge in [-0.05, 0) is 24.3 Å². The van der Waals surface area contributed by atoms with Crippen LogP contribution >= 0.6 is 0 Å². The number of oxime groups is 1. The lowest BCUT2D eigenvalue weighted by Gasteiger charge is -2.08. The fourth-order valence-corrected chi connectivity index (χ4v) is 2.33. The molecular formula is C19H11F4N3O6. The second-order valence-corrected chi connectivity index (χ2v) is 6.01. The summed E-state index contributed by atoms with van der Waals surface area (Å²) in [6, 6.07) is 7.27. The minimum Gasteiger partial charge on any atom is -0.479 e. The molecule has 1 aromatic heterocycles. The molecule has 1 heterocycles. The summed E-state index contributed by atoms with van der Waals surface area (Å²) in [5, 5.41) is 14.0. The number of halogens is 4. The number of nitrogens with zero attached hydrogens (tertiary/aromatic N) is 2. The third-order valence-electron chi connectivity index (χ3n) is 3.89. The van der Waals surface area contributed by atoms with E-state index in [1.807, 2.05) is 0 Å². The molecule has 2 aromatic carbocycles. The summed E-state index contributed by atoms with van der Waals surface area (Å²) in [5.41, 5.74) is 5.70. The molecule has 0 aliphatic heterocycles. The van der Waals surface area contributed by atoms with Gasteiger partial charge in [-0.15, -0.1) is 0 Å². The molecule has 0 fully saturated rings. The molecular weight excluding hydrogens is 442 g/mol. The molecule has 0 aliphatic carbocycles. The molecule has 0 radical (unpaired) electrons. The van der Waals surface area contributed by atoms with E-state index < -0.39 is 52.3 Å². The number of nitrogens with two attached hydrogens (primary N) is 1. The van der Waals surface area contributed by atoms with Gasteiger partial charge in [0.1, 0.15) is 12.4 Å². The number of carbonyl (C=O) groups is 1. The molecule has 166 valence electrons. The van der Waals surface area contributed by atoms with E-state index in [2.05, 4.69) is 9.99 Å². The number of amidine groups is 1. The Morgan fingerprint density at radius 2 is 1.69 bits per heavy atom. The van der Waals surface area contributed by atoms with E-state index >= 15 is 0 Å². The topological polar surface area (TPSA) is 130 Å². The van der Waals surface area contributed by atoms with Crippen LogP contribution in [-0.4, -0.2) is 16.7 Å². The van der Waals surface area contributed by atoms with Crippen LogP contribution in [0.15, 0.2) is 52.0 Å². The minimum absolute atomic E-state index is 0.0292. The summed E-state index contributed by atoms with van der Waals surface area (Å²) in [7, 11) is 0. The molecule has 0 spiro atoms. The number of hydrogen-bond acceptors (Lipinski definition) is 7. The quantitative estimate of drug-likeness (QED) is 0.110. The maximum atomic E-state index is 13.6. The lowest BCUT2D eigenvalue weighted by Crippen LogP contribution is -2.15. The molecule has 0 saturated heterocycles. The van der Waals surface area contributed by atoms with E-state index in [1.165, 1.54) is 30.3 Å². The predicted octanol–water partition coefficient (Wildman–Crippen LogP) is 3.80. The normalized spacial score (nSPS) is 11.3. The van der Waals surface area contributed by atoms with Gasteiger partial charge in [0.05, 0.1) is 4.92 Å². The van der Waals surface area contributed by atoms with Gasteiger partial charge in [0.25, 0.3) is 5.69 Å². The molecule has 0 bridgehead atoms. The van der Waals surface area contributed by atoms with Crippen molar-refractivity contribution in [3.05, 3.63) is 92.9 Å². The maximum absolute atomic E-state index is 13.6. The molecule has 32 heavy (non-hydrogen) atoms. The molecule has 9 nitrogen and oxygen atoms in total. The third kappa shape index (κ3) is 4.83. The van der Waals surface area contributed by atoms with Crippen LogP contribution in [0.4, 0.5) is 23.2 Å². The summed E-state index contributed by atoms with van der Waals surface area (Å²) in [4.78, 5) is 26.6. The second-order valence-electron chi connectivity index (χ2n) is 6.01. The zero-order valence-corrected chi connectivity index (χ0v) is 15.7. The zero-order chi connectivity index (χ0) is 23.4. The number of carbonyl (C=O) groups excluding carboxylic acids is 1. The van der Waals surface area contributed by atoms with Gasteiger partial charge in [-0.25, -0.2) is 13.6 Å². The average Bonchev–Trinajstić information content (AvgIpc) is 3.25. The first kappa shape index (κ1) is 22.3. The Morgan fingerprint density at radius 3 is 2.28 bits per heavy atom. The summed E-state index contributed by atoms with van der Waals surface area (Å²) < 4.78 is 63.3. The van der Waals surface area contributed by atoms with Gasteiger partial charge in [-0.2, -0.15) is 8.78 Å². The van der Waals surface area contributed by atoms with Gasteiger partial charge in [-0.3, -0.25) is 10.1 Å². The van der Waals surface area contributed by atoms with Crippen molar-refractivity contribution < 1.29 is 41.3 Å². The van der Waals surface area contributed by atoms with E-state index in [-0.39, 0.29) is 28.9 Å². The van der Waals surface area contributed by atoms with Crippen molar-refractivity contribution in [2.24, 2.45) is 10.9 Å². The van der Waals surface area contributed by atoms with Crippen molar-refractivity contribution in [1.82, 2.24) is 0 Å². The largest absolute Gasteiger partial charge is 0.479 e. The number of furan rings is 1. The van der Waals surface area contributed by atoms with Crippen molar-refractivity contribution in [2.75, 3.05) is 0 Å². The van der Waals surface area contributed by atoms with E-state index in [9.17, 15) is 32.5 Å². The Balaban J connectivity index is 1.63. The van der Waals surface area contributed by atoms with Gasteiger partial charge in [-0.1, -0.05) is 5.16 Å². The van der Waals surface area contributed by atoms with Gasteiger partial charge >= 0.3 is 5.97 Å². The number of rotatable bonds is 7. The van der Waals surface area contributed by atoms with Crippen LogP contribution in [0.5, 0.6) is 5.75 Å². The van der Waals surface area contributed by atoms with Gasteiger partial charge < -0.3 is 19.7 Å². The number of hydrogen-bond donors (Lipinski definition) is 1. The van der Waals surface area contributed by atoms with Crippen LogP contribution in [0.3, 0.4) is 0 Å². The van der Waals surface area contributed by atoms with Crippen molar-refractivity contribution in [3.8, 4) is 5.75 Å². The van der Waals surface area contributed by atoms with Gasteiger partial charge in [0, 0.05) is 23.8 Å². The van der Waals surface area contributed by atoms with Crippen LogP contribution in [0.2, 0.25) is 0 Å². The fourth-order valence-electron chi connectivity index (χ4n) is 2.33. The molecule has 0 amide bonds. The van der Waals surface area contributed by atoms with Crippen LogP contribution in [0.25, 0.3) is 0 Å². The number of nitro groups is 1. The van der Waals surface area contributed by atoms with E-state index in [0.717, 1.165) is 6.07 Å². The number of nitro benzene ring substituents is 1. The first-order valence-corrected chi connectivity index (χ1v) is 8.51. The van der Waals surface area contributed by atoms with Crippen LogP contribution < -0.4 is 10.5 Å². The number of benzene rings is 2. The van der Waals surface area contributed by atoms with Gasteiger partial charge in [0.15, 0.2) is 23.2 Å². The van der Waals surface area contributed by atoms with Crippen molar-refractivity contribution >= 4 is 17.5 Å². The van der Waals surface area contributed by atoms with E-state index in [4.69, 9.17) is 14.9 Å². The van der Waals surface area contributed by atoms with Crippen LogP contribution in [0, 0.1) is 33.4 Å². The van der Waals surface area contributed by atoms with Gasteiger partial charge in [0.2, 0.25) is 17.4 Å². The van der Waals surface area contributed by atoms with Crippen molar-refractivity contribution in [1.29, 1.82) is 0 Å². The Bertz CT molecular complexity index is 1180. The van der Waals surface area contributed by atoms with Crippen LogP contribution in [-0.2, 0) is 11.4 Å². The van der Waals surface area contributed by atoms with Crippen molar-refractivity contribution in [2.45, 2.75) is 6.61 Å². The summed E-state index contributed by atoms with van der Waals surface area (Å²) in [5.74, 6) is -9.93. The molecule has 3 rings (SSSR count). The molecule has 0 saturated carbocycles. The number of ether oxygens (including phenoxy) is 1. The average molecular weight is 453 g/mol. The molecule has 0 aliphatic rings. The second kappa shape index (κ2) is 9.16.